The van der Waals surface area contributed by atoms with Gasteiger partial charge in [0.25, 0.3) is 0 Å². The van der Waals surface area contributed by atoms with E-state index in [0.717, 1.165) is 19.5 Å². The smallest absolute Gasteiger partial charge is 0.186 e. The highest BCUT2D eigenvalue weighted by Crippen LogP contribution is 2.31. The van der Waals surface area contributed by atoms with Crippen molar-refractivity contribution >= 4 is 16.5 Å². The largest absolute Gasteiger partial charge is 0.345 e. The summed E-state index contributed by atoms with van der Waals surface area (Å²) >= 11 is 1.91. The van der Waals surface area contributed by atoms with Crippen LogP contribution < -0.4 is 10.2 Å². The average molecular weight is 310 g/mol. The molecule has 4 heteroatoms. The molecule has 0 amide bonds. The monoisotopic (exact) mass is 309 g/mol. The number of rotatable bonds is 6. The molecule has 1 aromatic heterocycles. The predicted molar refractivity (Wildman–Crippen MR) is 93.3 cm³/mol. The first-order valence-electron chi connectivity index (χ1n) is 8.57. The van der Waals surface area contributed by atoms with Gasteiger partial charge < -0.3 is 10.2 Å². The summed E-state index contributed by atoms with van der Waals surface area (Å²) in [7, 11) is 0. The van der Waals surface area contributed by atoms with E-state index >= 15 is 0 Å². The van der Waals surface area contributed by atoms with E-state index in [9.17, 15) is 0 Å². The lowest BCUT2D eigenvalue weighted by molar-refractivity contribution is 0.553. The Hall–Kier alpha value is -0.610. The molecule has 1 N–H and O–H groups in total. The number of nitrogens with zero attached hydrogens (tertiary/aromatic N) is 2. The number of thiazole rings is 1. The van der Waals surface area contributed by atoms with Gasteiger partial charge in [0.1, 0.15) is 0 Å². The zero-order valence-corrected chi connectivity index (χ0v) is 14.9. The summed E-state index contributed by atoms with van der Waals surface area (Å²) in [5, 5.41) is 4.82. The van der Waals surface area contributed by atoms with E-state index in [1.165, 1.54) is 47.9 Å². The van der Waals surface area contributed by atoms with E-state index < -0.39 is 0 Å². The van der Waals surface area contributed by atoms with Crippen molar-refractivity contribution in [3.05, 3.63) is 10.6 Å². The highest BCUT2D eigenvalue weighted by molar-refractivity contribution is 7.15. The van der Waals surface area contributed by atoms with Crippen molar-refractivity contribution in [3.63, 3.8) is 0 Å². The first kappa shape index (κ1) is 16.8. The maximum absolute atomic E-state index is 4.95. The third kappa shape index (κ3) is 4.68. The van der Waals surface area contributed by atoms with Gasteiger partial charge in [-0.2, -0.15) is 0 Å². The number of hydrogen-bond donors (Lipinski definition) is 1. The van der Waals surface area contributed by atoms with Gasteiger partial charge in [-0.3, -0.25) is 0 Å². The van der Waals surface area contributed by atoms with Gasteiger partial charge in [-0.25, -0.2) is 4.98 Å². The van der Waals surface area contributed by atoms with Crippen LogP contribution in [0.15, 0.2) is 0 Å². The minimum atomic E-state index is 0.639. The Morgan fingerprint density at radius 2 is 2.14 bits per heavy atom. The fourth-order valence-corrected chi connectivity index (χ4v) is 4.19. The van der Waals surface area contributed by atoms with E-state index in [1.807, 2.05) is 11.3 Å². The Bertz CT molecular complexity index is 428. The molecule has 1 aliphatic rings. The number of hydrogen-bond acceptors (Lipinski definition) is 4. The molecule has 0 aromatic carbocycles. The summed E-state index contributed by atoms with van der Waals surface area (Å²) in [4.78, 5) is 8.93. The van der Waals surface area contributed by atoms with Crippen molar-refractivity contribution in [2.45, 2.75) is 72.4 Å². The normalized spacial score (nSPS) is 20.0. The molecule has 1 fully saturated rings. The van der Waals surface area contributed by atoms with Gasteiger partial charge in [-0.15, -0.1) is 11.3 Å². The van der Waals surface area contributed by atoms with Crippen molar-refractivity contribution in [1.29, 1.82) is 0 Å². The summed E-state index contributed by atoms with van der Waals surface area (Å²) in [6, 6.07) is 0.639. The van der Waals surface area contributed by atoms with Crippen LogP contribution in [0.3, 0.4) is 0 Å². The molecule has 2 heterocycles. The SMILES string of the molecule is CCc1nc(N2CCCCCC2C)sc1CNCC(C)C. The van der Waals surface area contributed by atoms with E-state index in [0.29, 0.717) is 12.0 Å². The van der Waals surface area contributed by atoms with Crippen molar-refractivity contribution in [1.82, 2.24) is 10.3 Å². The second-order valence-electron chi connectivity index (χ2n) is 6.64. The van der Waals surface area contributed by atoms with Gasteiger partial charge in [0, 0.05) is 24.0 Å². The molecular formula is C17H31N3S. The first-order valence-corrected chi connectivity index (χ1v) is 9.39. The zero-order valence-electron chi connectivity index (χ0n) is 14.1. The lowest BCUT2D eigenvalue weighted by Crippen LogP contribution is -2.32. The Morgan fingerprint density at radius 1 is 1.33 bits per heavy atom. The van der Waals surface area contributed by atoms with Crippen LogP contribution in [0.5, 0.6) is 0 Å². The van der Waals surface area contributed by atoms with Crippen LogP contribution in [0, 0.1) is 5.92 Å². The van der Waals surface area contributed by atoms with Gasteiger partial charge in [0.05, 0.1) is 5.69 Å². The Morgan fingerprint density at radius 3 is 2.86 bits per heavy atom. The van der Waals surface area contributed by atoms with Crippen LogP contribution >= 0.6 is 11.3 Å². The third-order valence-electron chi connectivity index (χ3n) is 4.24. The van der Waals surface area contributed by atoms with Crippen molar-refractivity contribution in [2.24, 2.45) is 5.92 Å². The first-order chi connectivity index (χ1) is 10.1. The maximum Gasteiger partial charge on any atom is 0.186 e. The third-order valence-corrected chi connectivity index (χ3v) is 5.37. The molecule has 21 heavy (non-hydrogen) atoms. The molecule has 1 aromatic rings. The minimum Gasteiger partial charge on any atom is -0.345 e. The summed E-state index contributed by atoms with van der Waals surface area (Å²) in [5.74, 6) is 0.702. The van der Waals surface area contributed by atoms with Gasteiger partial charge in [-0.1, -0.05) is 33.6 Å². The van der Waals surface area contributed by atoms with Gasteiger partial charge in [0.2, 0.25) is 0 Å². The molecule has 120 valence electrons. The molecule has 1 saturated heterocycles. The Balaban J connectivity index is 2.07. The van der Waals surface area contributed by atoms with Crippen molar-refractivity contribution in [3.8, 4) is 0 Å². The second kappa shape index (κ2) is 8.14. The molecule has 0 bridgehead atoms. The fourth-order valence-electron chi connectivity index (χ4n) is 2.94. The van der Waals surface area contributed by atoms with Crippen LogP contribution in [-0.4, -0.2) is 24.1 Å². The second-order valence-corrected chi connectivity index (χ2v) is 7.70. The van der Waals surface area contributed by atoms with Crippen LogP contribution in [0.25, 0.3) is 0 Å². The Labute approximate surface area is 134 Å². The van der Waals surface area contributed by atoms with E-state index in [-0.39, 0.29) is 0 Å². The molecule has 1 aliphatic heterocycles. The van der Waals surface area contributed by atoms with E-state index in [1.54, 1.807) is 0 Å². The molecule has 0 spiro atoms. The van der Waals surface area contributed by atoms with Gasteiger partial charge >= 0.3 is 0 Å². The number of aryl methyl sites for hydroxylation is 1. The molecule has 2 rings (SSSR count). The standard InChI is InChI=1S/C17H31N3S/c1-5-15-16(12-18-11-13(2)3)21-17(19-15)20-10-8-6-7-9-14(20)4/h13-14,18H,5-12H2,1-4H3. The molecule has 3 nitrogen and oxygen atoms in total. The highest BCUT2D eigenvalue weighted by Gasteiger charge is 2.21. The topological polar surface area (TPSA) is 28.2 Å². The van der Waals surface area contributed by atoms with E-state index in [4.69, 9.17) is 4.98 Å². The summed E-state index contributed by atoms with van der Waals surface area (Å²) in [6.07, 6.45) is 6.40. The maximum atomic E-state index is 4.95. The molecule has 0 radical (unpaired) electrons. The summed E-state index contributed by atoms with van der Waals surface area (Å²) < 4.78 is 0. The number of aromatic nitrogens is 1. The zero-order chi connectivity index (χ0) is 15.2. The average Bonchev–Trinajstić information content (AvgIpc) is 2.72. The Kier molecular flexibility index (Phi) is 6.49. The number of anilines is 1. The summed E-state index contributed by atoms with van der Waals surface area (Å²) in [6.45, 7) is 12.3. The van der Waals surface area contributed by atoms with Crippen LogP contribution in [0.2, 0.25) is 0 Å². The lowest BCUT2D eigenvalue weighted by Gasteiger charge is -2.26. The van der Waals surface area contributed by atoms with Crippen LogP contribution in [0.4, 0.5) is 5.13 Å². The quantitative estimate of drug-likeness (QED) is 0.853. The van der Waals surface area contributed by atoms with Crippen LogP contribution in [0.1, 0.15) is 63.9 Å². The highest BCUT2D eigenvalue weighted by atomic mass is 32.1. The fraction of sp³-hybridized carbons (Fsp3) is 0.824. The predicted octanol–water partition coefficient (Wildman–Crippen LogP) is 4.22. The molecule has 0 aliphatic carbocycles. The lowest BCUT2D eigenvalue weighted by atomic mass is 10.1. The van der Waals surface area contributed by atoms with Crippen LogP contribution in [-0.2, 0) is 13.0 Å². The van der Waals surface area contributed by atoms with Crippen molar-refractivity contribution < 1.29 is 0 Å². The van der Waals surface area contributed by atoms with Crippen molar-refractivity contribution in [2.75, 3.05) is 18.0 Å². The summed E-state index contributed by atoms with van der Waals surface area (Å²) in [5.41, 5.74) is 1.29. The molecule has 1 atom stereocenters. The van der Waals surface area contributed by atoms with E-state index in [2.05, 4.69) is 37.9 Å². The number of nitrogens with one attached hydrogen (secondary N) is 1. The molecule has 0 saturated carbocycles. The molecule has 1 unspecified atom stereocenters. The molecular weight excluding hydrogens is 278 g/mol. The van der Waals surface area contributed by atoms with Gasteiger partial charge in [-0.05, 0) is 38.6 Å². The minimum absolute atomic E-state index is 0.639. The van der Waals surface area contributed by atoms with Gasteiger partial charge in [0.15, 0.2) is 5.13 Å².